The summed E-state index contributed by atoms with van der Waals surface area (Å²) in [5, 5.41) is 10.3. The van der Waals surface area contributed by atoms with Crippen molar-refractivity contribution in [2.24, 2.45) is 5.92 Å². The highest BCUT2D eigenvalue weighted by Crippen LogP contribution is 2.35. The van der Waals surface area contributed by atoms with E-state index in [9.17, 15) is 22.4 Å². The molecule has 1 fully saturated rings. The average Bonchev–Trinajstić information content (AvgIpc) is 3.63. The minimum absolute atomic E-state index is 0.0454. The molecule has 5 rings (SSSR count). The summed E-state index contributed by atoms with van der Waals surface area (Å²) >= 11 is 0. The molecule has 1 aromatic carbocycles. The summed E-state index contributed by atoms with van der Waals surface area (Å²) in [4.78, 5) is 18.9. The van der Waals surface area contributed by atoms with E-state index in [0.717, 1.165) is 4.57 Å². The number of anilines is 1. The van der Waals surface area contributed by atoms with E-state index >= 15 is 0 Å². The first-order chi connectivity index (χ1) is 19.5. The number of rotatable bonds is 9. The number of nitrogens with one attached hydrogen (secondary N) is 2. The third kappa shape index (κ3) is 6.55. The molecule has 2 N–H and O–H groups in total. The van der Waals surface area contributed by atoms with Crippen molar-refractivity contribution in [3.05, 3.63) is 54.2 Å². The third-order valence-electron chi connectivity index (χ3n) is 7.09. The molecule has 0 bridgehead atoms. The van der Waals surface area contributed by atoms with Crippen LogP contribution >= 0.6 is 0 Å². The lowest BCUT2D eigenvalue weighted by Crippen LogP contribution is -2.46. The molecule has 4 aromatic rings. The van der Waals surface area contributed by atoms with Gasteiger partial charge in [-0.15, -0.1) is 0 Å². The number of carbonyl (C=O) groups excluding carboxylic acids is 1. The van der Waals surface area contributed by atoms with Crippen molar-refractivity contribution >= 4 is 22.5 Å². The lowest BCUT2D eigenvalue weighted by Gasteiger charge is -2.33. The predicted molar refractivity (Wildman–Crippen MR) is 146 cm³/mol. The van der Waals surface area contributed by atoms with Crippen molar-refractivity contribution in [3.63, 3.8) is 0 Å². The molecule has 4 heterocycles. The Balaban J connectivity index is 1.40. The number of aromatic nitrogens is 4. The molecular formula is C28H33F4N7O2. The molecule has 0 spiro atoms. The summed E-state index contributed by atoms with van der Waals surface area (Å²) in [6, 6.07) is 9.51. The molecule has 220 valence electrons. The maximum absolute atomic E-state index is 14.7. The van der Waals surface area contributed by atoms with E-state index < -0.39 is 24.9 Å². The highest BCUT2D eigenvalue weighted by Gasteiger charge is 2.32. The standard InChI is InChI=1S/C28H33F4N7O2/c1-17(2)14-38-10-5-8-23(38)27(40)33-13-25-35-26(36-41-25)24-12-18-20(34-21-9-11-37(3)15-19(21)29)6-4-7-22(18)39(24)16-28(30,31)32/h4-8,10,12,17,19,21,34H,9,11,13-16H2,1-3H3,(H,33,40)/t19-,21+/m0/s1. The van der Waals surface area contributed by atoms with Crippen molar-refractivity contribution in [2.45, 2.75) is 58.3 Å². The molecule has 1 saturated heterocycles. The van der Waals surface area contributed by atoms with Gasteiger partial charge in [-0.2, -0.15) is 18.2 Å². The molecule has 2 atom stereocenters. The first kappa shape index (κ1) is 28.7. The van der Waals surface area contributed by atoms with Gasteiger partial charge in [0.1, 0.15) is 18.4 Å². The van der Waals surface area contributed by atoms with E-state index in [1.54, 1.807) is 36.4 Å². The molecular weight excluding hydrogens is 542 g/mol. The molecule has 13 heteroatoms. The quantitative estimate of drug-likeness (QED) is 0.270. The normalized spacial score (nSPS) is 18.3. The van der Waals surface area contributed by atoms with E-state index in [-0.39, 0.29) is 36.4 Å². The fourth-order valence-corrected chi connectivity index (χ4v) is 5.21. The number of carbonyl (C=O) groups is 1. The molecule has 41 heavy (non-hydrogen) atoms. The summed E-state index contributed by atoms with van der Waals surface area (Å²) in [5.74, 6) is 0.00216. The molecule has 1 aliphatic heterocycles. The Bertz CT molecular complexity index is 1510. The minimum atomic E-state index is -4.52. The number of alkyl halides is 4. The van der Waals surface area contributed by atoms with Crippen LogP contribution in [0, 0.1) is 5.92 Å². The Hall–Kier alpha value is -3.87. The molecule has 3 aromatic heterocycles. The number of nitrogens with zero attached hydrogens (tertiary/aromatic N) is 5. The second kappa shape index (κ2) is 11.6. The van der Waals surface area contributed by atoms with Gasteiger partial charge >= 0.3 is 6.18 Å². The Morgan fingerprint density at radius 3 is 2.76 bits per heavy atom. The monoisotopic (exact) mass is 575 g/mol. The van der Waals surface area contributed by atoms with Gasteiger partial charge in [0.25, 0.3) is 5.91 Å². The number of hydrogen-bond acceptors (Lipinski definition) is 6. The molecule has 1 aliphatic rings. The zero-order chi connectivity index (χ0) is 29.3. The highest BCUT2D eigenvalue weighted by atomic mass is 19.4. The van der Waals surface area contributed by atoms with Gasteiger partial charge in [-0.25, -0.2) is 4.39 Å². The summed E-state index contributed by atoms with van der Waals surface area (Å²) in [5.41, 5.74) is 1.40. The van der Waals surface area contributed by atoms with Gasteiger partial charge in [-0.1, -0.05) is 25.1 Å². The first-order valence-electron chi connectivity index (χ1n) is 13.5. The van der Waals surface area contributed by atoms with Crippen LogP contribution in [0.2, 0.25) is 0 Å². The SMILES string of the molecule is CC(C)Cn1cccc1C(=O)NCc1nc(-c2cc3c(N[C@@H]4CCN(C)C[C@@H]4F)cccc3n2CC(F)(F)F)no1. The van der Waals surface area contributed by atoms with Crippen LogP contribution in [0.5, 0.6) is 0 Å². The van der Waals surface area contributed by atoms with E-state index in [1.165, 1.54) is 0 Å². The van der Waals surface area contributed by atoms with Crippen molar-refractivity contribution in [1.29, 1.82) is 0 Å². The second-order valence-electron chi connectivity index (χ2n) is 10.9. The zero-order valence-electron chi connectivity index (χ0n) is 23.1. The number of fused-ring (bicyclic) bond motifs is 1. The molecule has 0 aliphatic carbocycles. The number of benzene rings is 1. The van der Waals surface area contributed by atoms with Crippen LogP contribution in [-0.2, 0) is 19.6 Å². The minimum Gasteiger partial charge on any atom is -0.379 e. The predicted octanol–water partition coefficient (Wildman–Crippen LogP) is 5.10. The molecule has 0 unspecified atom stereocenters. The summed E-state index contributed by atoms with van der Waals surface area (Å²) in [7, 11) is 1.85. The van der Waals surface area contributed by atoms with Crippen molar-refractivity contribution in [2.75, 3.05) is 25.5 Å². The fraction of sp³-hybridized carbons (Fsp3) is 0.464. The van der Waals surface area contributed by atoms with Gasteiger partial charge in [0, 0.05) is 36.9 Å². The number of likely N-dealkylation sites (tertiary alicyclic amines) is 1. The number of hydrogen-bond donors (Lipinski definition) is 2. The van der Waals surface area contributed by atoms with Gasteiger partial charge < -0.3 is 29.2 Å². The Kier molecular flexibility index (Phi) is 8.07. The summed E-state index contributed by atoms with van der Waals surface area (Å²) in [6.45, 7) is 4.38. The lowest BCUT2D eigenvalue weighted by atomic mass is 10.0. The van der Waals surface area contributed by atoms with E-state index in [4.69, 9.17) is 4.52 Å². The smallest absolute Gasteiger partial charge is 0.379 e. The fourth-order valence-electron chi connectivity index (χ4n) is 5.21. The molecule has 9 nitrogen and oxygen atoms in total. The Morgan fingerprint density at radius 2 is 2.02 bits per heavy atom. The maximum atomic E-state index is 14.7. The molecule has 0 saturated carbocycles. The number of amides is 1. The van der Waals surface area contributed by atoms with Crippen LogP contribution < -0.4 is 10.6 Å². The van der Waals surface area contributed by atoms with E-state index in [2.05, 4.69) is 20.8 Å². The summed E-state index contributed by atoms with van der Waals surface area (Å²) < 4.78 is 63.9. The Labute approximate surface area is 234 Å². The van der Waals surface area contributed by atoms with Crippen LogP contribution in [0.3, 0.4) is 0 Å². The third-order valence-corrected chi connectivity index (χ3v) is 7.09. The van der Waals surface area contributed by atoms with Crippen molar-refractivity contribution in [1.82, 2.24) is 29.5 Å². The highest BCUT2D eigenvalue weighted by molar-refractivity contribution is 5.96. The van der Waals surface area contributed by atoms with Crippen LogP contribution in [0.15, 0.2) is 47.1 Å². The van der Waals surface area contributed by atoms with E-state index in [0.29, 0.717) is 47.7 Å². The van der Waals surface area contributed by atoms with Crippen LogP contribution in [0.25, 0.3) is 22.4 Å². The van der Waals surface area contributed by atoms with Gasteiger partial charge in [-0.3, -0.25) is 4.79 Å². The zero-order valence-corrected chi connectivity index (χ0v) is 23.1. The second-order valence-corrected chi connectivity index (χ2v) is 10.9. The summed E-state index contributed by atoms with van der Waals surface area (Å²) in [6.07, 6.45) is -3.26. The van der Waals surface area contributed by atoms with Crippen molar-refractivity contribution < 1.29 is 26.9 Å². The number of piperidine rings is 1. The van der Waals surface area contributed by atoms with Gasteiger partial charge in [0.05, 0.1) is 23.8 Å². The van der Waals surface area contributed by atoms with Gasteiger partial charge in [0.2, 0.25) is 11.7 Å². The maximum Gasteiger partial charge on any atom is 0.406 e. The van der Waals surface area contributed by atoms with Crippen LogP contribution in [0.1, 0.15) is 36.6 Å². The lowest BCUT2D eigenvalue weighted by molar-refractivity contribution is -0.139. The topological polar surface area (TPSA) is 93.2 Å². The average molecular weight is 576 g/mol. The largest absolute Gasteiger partial charge is 0.406 e. The van der Waals surface area contributed by atoms with Gasteiger partial charge in [0.15, 0.2) is 0 Å². The molecule has 0 radical (unpaired) electrons. The van der Waals surface area contributed by atoms with Crippen LogP contribution in [-0.4, -0.2) is 68.6 Å². The molecule has 1 amide bonds. The van der Waals surface area contributed by atoms with Crippen LogP contribution in [0.4, 0.5) is 23.2 Å². The van der Waals surface area contributed by atoms with E-state index in [1.807, 2.05) is 36.6 Å². The number of halogens is 4. The van der Waals surface area contributed by atoms with Crippen molar-refractivity contribution in [3.8, 4) is 11.5 Å². The Morgan fingerprint density at radius 1 is 1.22 bits per heavy atom. The first-order valence-corrected chi connectivity index (χ1v) is 13.5. The van der Waals surface area contributed by atoms with Gasteiger partial charge in [-0.05, 0) is 49.7 Å².